The summed E-state index contributed by atoms with van der Waals surface area (Å²) in [4.78, 5) is 35.5. The van der Waals surface area contributed by atoms with Gasteiger partial charge in [-0.15, -0.1) is 0 Å². The SMILES string of the molecule is CC(C)CC(NC(=O)OCc1ccccc1)C(=O)NC(C=C[N+](=O)[O-])Cc1ccccc1. The molecular weight excluding hydrogens is 410 g/mol. The van der Waals surface area contributed by atoms with Gasteiger partial charge in [-0.2, -0.15) is 0 Å². The molecule has 0 aliphatic rings. The van der Waals surface area contributed by atoms with Gasteiger partial charge in [-0.25, -0.2) is 4.79 Å². The number of hydrogen-bond donors (Lipinski definition) is 2. The third-order valence-electron chi connectivity index (χ3n) is 4.59. The number of nitro groups is 1. The number of benzene rings is 2. The number of ether oxygens (including phenoxy) is 1. The van der Waals surface area contributed by atoms with Gasteiger partial charge < -0.3 is 15.4 Å². The van der Waals surface area contributed by atoms with Crippen molar-refractivity contribution in [2.24, 2.45) is 5.92 Å². The highest BCUT2D eigenvalue weighted by atomic mass is 16.6. The molecule has 8 heteroatoms. The van der Waals surface area contributed by atoms with Gasteiger partial charge >= 0.3 is 6.09 Å². The third kappa shape index (κ3) is 9.42. The van der Waals surface area contributed by atoms with E-state index in [1.54, 1.807) is 0 Å². The van der Waals surface area contributed by atoms with Gasteiger partial charge in [-0.1, -0.05) is 74.5 Å². The van der Waals surface area contributed by atoms with Crippen LogP contribution in [0.15, 0.2) is 72.9 Å². The van der Waals surface area contributed by atoms with Crippen molar-refractivity contribution in [1.29, 1.82) is 0 Å². The molecule has 170 valence electrons. The van der Waals surface area contributed by atoms with Gasteiger partial charge in [0.1, 0.15) is 12.6 Å². The molecule has 2 atom stereocenters. The van der Waals surface area contributed by atoms with Gasteiger partial charge in [-0.3, -0.25) is 14.9 Å². The Morgan fingerprint density at radius 3 is 2.16 bits per heavy atom. The average Bonchev–Trinajstić information content (AvgIpc) is 2.76. The van der Waals surface area contributed by atoms with Gasteiger partial charge in [0.15, 0.2) is 0 Å². The highest BCUT2D eigenvalue weighted by Crippen LogP contribution is 2.09. The third-order valence-corrected chi connectivity index (χ3v) is 4.59. The summed E-state index contributed by atoms with van der Waals surface area (Å²) in [7, 11) is 0. The maximum atomic E-state index is 12.9. The first-order valence-corrected chi connectivity index (χ1v) is 10.5. The number of alkyl carbamates (subject to hydrolysis) is 1. The molecule has 0 radical (unpaired) electrons. The van der Waals surface area contributed by atoms with Gasteiger partial charge in [0.05, 0.1) is 11.0 Å². The number of carbonyl (C=O) groups excluding carboxylic acids is 2. The lowest BCUT2D eigenvalue weighted by Crippen LogP contribution is -2.50. The molecule has 2 aromatic carbocycles. The van der Waals surface area contributed by atoms with Crippen molar-refractivity contribution in [3.8, 4) is 0 Å². The van der Waals surface area contributed by atoms with Gasteiger partial charge in [0.2, 0.25) is 12.1 Å². The molecular formula is C24H29N3O5. The van der Waals surface area contributed by atoms with Crippen LogP contribution in [0.1, 0.15) is 31.4 Å². The van der Waals surface area contributed by atoms with E-state index in [0.29, 0.717) is 12.8 Å². The van der Waals surface area contributed by atoms with Crippen molar-refractivity contribution in [3.05, 3.63) is 94.2 Å². The second-order valence-electron chi connectivity index (χ2n) is 7.82. The Labute approximate surface area is 187 Å². The first-order chi connectivity index (χ1) is 15.3. The molecule has 0 aliphatic carbocycles. The number of rotatable bonds is 11. The molecule has 0 aliphatic heterocycles. The molecule has 0 saturated carbocycles. The Hall–Kier alpha value is -3.68. The lowest BCUT2D eigenvalue weighted by Gasteiger charge is -2.23. The van der Waals surface area contributed by atoms with Gasteiger partial charge in [0.25, 0.3) is 0 Å². The summed E-state index contributed by atoms with van der Waals surface area (Å²) in [5.41, 5.74) is 1.75. The standard InChI is InChI=1S/C24H29N3O5/c1-18(2)15-22(26-24(29)32-17-20-11-7-4-8-12-20)23(28)25-21(13-14-27(30)31)16-19-9-5-3-6-10-19/h3-14,18,21-22H,15-17H2,1-2H3,(H,25,28)(H,26,29). The number of carbonyl (C=O) groups is 2. The average molecular weight is 440 g/mol. The van der Waals surface area contributed by atoms with E-state index in [1.165, 1.54) is 6.08 Å². The summed E-state index contributed by atoms with van der Waals surface area (Å²) in [5, 5.41) is 16.2. The minimum atomic E-state index is -0.833. The van der Waals surface area contributed by atoms with Crippen LogP contribution in [0.5, 0.6) is 0 Å². The van der Waals surface area contributed by atoms with E-state index in [-0.39, 0.29) is 12.5 Å². The summed E-state index contributed by atoms with van der Waals surface area (Å²) in [6.07, 6.45) is 2.22. The zero-order chi connectivity index (χ0) is 23.3. The first kappa shape index (κ1) is 24.6. The van der Waals surface area contributed by atoms with Gasteiger partial charge in [-0.05, 0) is 29.9 Å². The van der Waals surface area contributed by atoms with E-state index in [2.05, 4.69) is 10.6 Å². The molecule has 0 saturated heterocycles. The maximum absolute atomic E-state index is 12.9. The van der Waals surface area contributed by atoms with Crippen molar-refractivity contribution in [2.45, 2.75) is 45.4 Å². The molecule has 0 bridgehead atoms. The molecule has 32 heavy (non-hydrogen) atoms. The van der Waals surface area contributed by atoms with Crippen LogP contribution in [0.2, 0.25) is 0 Å². The molecule has 2 unspecified atom stereocenters. The Morgan fingerprint density at radius 1 is 1.00 bits per heavy atom. The van der Waals surface area contributed by atoms with Crippen LogP contribution in [0, 0.1) is 16.0 Å². The molecule has 8 nitrogen and oxygen atoms in total. The second kappa shape index (κ2) is 12.9. The van der Waals surface area contributed by atoms with Crippen LogP contribution in [-0.2, 0) is 22.6 Å². The summed E-state index contributed by atoms with van der Waals surface area (Å²) in [6, 6.07) is 17.1. The topological polar surface area (TPSA) is 111 Å². The number of hydrogen-bond acceptors (Lipinski definition) is 5. The monoisotopic (exact) mass is 439 g/mol. The largest absolute Gasteiger partial charge is 0.445 e. The number of amides is 2. The summed E-state index contributed by atoms with van der Waals surface area (Å²) in [6.45, 7) is 3.96. The highest BCUT2D eigenvalue weighted by Gasteiger charge is 2.24. The minimum absolute atomic E-state index is 0.0882. The van der Waals surface area contributed by atoms with Crippen molar-refractivity contribution in [2.75, 3.05) is 0 Å². The van der Waals surface area contributed by atoms with Crippen molar-refractivity contribution < 1.29 is 19.2 Å². The molecule has 2 amide bonds. The molecule has 2 aromatic rings. The van der Waals surface area contributed by atoms with E-state index >= 15 is 0 Å². The maximum Gasteiger partial charge on any atom is 0.408 e. The van der Waals surface area contributed by atoms with E-state index in [1.807, 2.05) is 74.5 Å². The first-order valence-electron chi connectivity index (χ1n) is 10.5. The van der Waals surface area contributed by atoms with Crippen molar-refractivity contribution >= 4 is 12.0 Å². The van der Waals surface area contributed by atoms with Crippen LogP contribution in [-0.4, -0.2) is 29.0 Å². The lowest BCUT2D eigenvalue weighted by atomic mass is 10.0. The molecule has 2 N–H and O–H groups in total. The smallest absolute Gasteiger partial charge is 0.408 e. The van der Waals surface area contributed by atoms with E-state index in [0.717, 1.165) is 17.3 Å². The fourth-order valence-electron chi connectivity index (χ4n) is 3.10. The van der Waals surface area contributed by atoms with Crippen molar-refractivity contribution in [3.63, 3.8) is 0 Å². The summed E-state index contributed by atoms with van der Waals surface area (Å²) in [5.74, 6) is -0.300. The molecule has 0 spiro atoms. The highest BCUT2D eigenvalue weighted by molar-refractivity contribution is 5.86. The molecule has 0 aromatic heterocycles. The van der Waals surface area contributed by atoms with Crippen LogP contribution < -0.4 is 10.6 Å². The fourth-order valence-corrected chi connectivity index (χ4v) is 3.10. The van der Waals surface area contributed by atoms with Gasteiger partial charge in [0, 0.05) is 6.08 Å². The van der Waals surface area contributed by atoms with E-state index in [9.17, 15) is 19.7 Å². The predicted molar refractivity (Wildman–Crippen MR) is 121 cm³/mol. The Kier molecular flexibility index (Phi) is 9.90. The van der Waals surface area contributed by atoms with E-state index in [4.69, 9.17) is 4.74 Å². The zero-order valence-electron chi connectivity index (χ0n) is 18.3. The molecule has 2 rings (SSSR count). The molecule has 0 fully saturated rings. The summed E-state index contributed by atoms with van der Waals surface area (Å²) >= 11 is 0. The zero-order valence-corrected chi connectivity index (χ0v) is 18.3. The van der Waals surface area contributed by atoms with Crippen LogP contribution in [0.4, 0.5) is 4.79 Å². The minimum Gasteiger partial charge on any atom is -0.445 e. The van der Waals surface area contributed by atoms with Crippen LogP contribution in [0.3, 0.4) is 0 Å². The van der Waals surface area contributed by atoms with E-state index < -0.39 is 29.0 Å². The van der Waals surface area contributed by atoms with Crippen molar-refractivity contribution in [1.82, 2.24) is 10.6 Å². The number of nitrogens with one attached hydrogen (secondary N) is 2. The lowest BCUT2D eigenvalue weighted by molar-refractivity contribution is -0.402. The Morgan fingerprint density at radius 2 is 1.59 bits per heavy atom. The van der Waals surface area contributed by atoms with Crippen LogP contribution >= 0.6 is 0 Å². The summed E-state index contributed by atoms with van der Waals surface area (Å²) < 4.78 is 5.24. The Bertz CT molecular complexity index is 900. The predicted octanol–water partition coefficient (Wildman–Crippen LogP) is 3.85. The quantitative estimate of drug-likeness (QED) is 0.408. The normalized spacial score (nSPS) is 12.8. The van der Waals surface area contributed by atoms with Crippen LogP contribution in [0.25, 0.3) is 0 Å². The molecule has 0 heterocycles. The Balaban J connectivity index is 2.03. The second-order valence-corrected chi connectivity index (χ2v) is 7.82. The number of nitrogens with zero attached hydrogens (tertiary/aromatic N) is 1. The fraction of sp³-hybridized carbons (Fsp3) is 0.333.